The van der Waals surface area contributed by atoms with Crippen LogP contribution in [-0.4, -0.2) is 23.0 Å². The van der Waals surface area contributed by atoms with Gasteiger partial charge >= 0.3 is 0 Å². The van der Waals surface area contributed by atoms with Crippen LogP contribution in [0, 0.1) is 11.8 Å². The molecule has 1 aromatic carbocycles. The average Bonchev–Trinajstić information content (AvgIpc) is 2.37. The van der Waals surface area contributed by atoms with E-state index < -0.39 is 5.60 Å². The lowest BCUT2D eigenvalue weighted by atomic mass is 9.95. The summed E-state index contributed by atoms with van der Waals surface area (Å²) in [5.74, 6) is 1.69. The summed E-state index contributed by atoms with van der Waals surface area (Å²) in [7, 11) is 0. The Hall–Kier alpha value is -0.510. The van der Waals surface area contributed by atoms with Gasteiger partial charge in [-0.15, -0.1) is 11.8 Å². The van der Waals surface area contributed by atoms with Crippen LogP contribution in [0.2, 0.25) is 0 Å². The van der Waals surface area contributed by atoms with Crippen LogP contribution >= 0.6 is 11.8 Å². The fourth-order valence-corrected chi connectivity index (χ4v) is 2.73. The Labute approximate surface area is 128 Å². The zero-order valence-corrected chi connectivity index (χ0v) is 14.3. The molecule has 0 heterocycles. The summed E-state index contributed by atoms with van der Waals surface area (Å²) in [5, 5.41) is 13.7. The van der Waals surface area contributed by atoms with Gasteiger partial charge < -0.3 is 10.4 Å². The maximum absolute atomic E-state index is 10.2. The second kappa shape index (κ2) is 8.06. The number of rotatable bonds is 8. The molecule has 0 aliphatic heterocycles. The molecule has 0 saturated heterocycles. The molecule has 0 radical (unpaired) electrons. The van der Waals surface area contributed by atoms with Crippen molar-refractivity contribution in [2.45, 2.75) is 51.7 Å². The fourth-order valence-electron chi connectivity index (χ4n) is 1.60. The highest BCUT2D eigenvalue weighted by Crippen LogP contribution is 2.27. The Morgan fingerprint density at radius 3 is 2.25 bits per heavy atom. The van der Waals surface area contributed by atoms with Crippen LogP contribution in [0.25, 0.3) is 0 Å². The molecule has 0 aliphatic rings. The first kappa shape index (κ1) is 17.5. The van der Waals surface area contributed by atoms with Gasteiger partial charge in [0.1, 0.15) is 0 Å². The maximum Gasteiger partial charge on any atom is 0.0736 e. The summed E-state index contributed by atoms with van der Waals surface area (Å²) in [6, 6.07) is 8.63. The van der Waals surface area contributed by atoms with E-state index in [9.17, 15) is 5.11 Å². The molecule has 20 heavy (non-hydrogen) atoms. The first-order chi connectivity index (χ1) is 9.31. The van der Waals surface area contributed by atoms with E-state index in [1.807, 2.05) is 6.92 Å². The lowest BCUT2D eigenvalue weighted by Crippen LogP contribution is -2.33. The topological polar surface area (TPSA) is 32.3 Å². The summed E-state index contributed by atoms with van der Waals surface area (Å²) in [4.78, 5) is 1.22. The lowest BCUT2D eigenvalue weighted by molar-refractivity contribution is 0.0376. The first-order valence-corrected chi connectivity index (χ1v) is 8.44. The zero-order valence-electron chi connectivity index (χ0n) is 13.4. The summed E-state index contributed by atoms with van der Waals surface area (Å²) in [6.45, 7) is 12.4. The van der Waals surface area contributed by atoms with Gasteiger partial charge in [-0.2, -0.15) is 0 Å². The molecule has 1 rings (SSSR count). The van der Waals surface area contributed by atoms with E-state index in [-0.39, 0.29) is 5.92 Å². The van der Waals surface area contributed by atoms with Crippen molar-refractivity contribution < 1.29 is 5.11 Å². The number of hydrogen-bond donors (Lipinski definition) is 2. The lowest BCUT2D eigenvalue weighted by Gasteiger charge is -2.27. The minimum absolute atomic E-state index is 0.273. The molecule has 1 unspecified atom stereocenters. The molecule has 0 amide bonds. The number of benzene rings is 1. The molecular weight excluding hydrogens is 266 g/mol. The molecule has 1 aromatic rings. The maximum atomic E-state index is 10.2. The van der Waals surface area contributed by atoms with E-state index in [1.54, 1.807) is 11.8 Å². The molecule has 0 spiro atoms. The Balaban J connectivity index is 2.43. The largest absolute Gasteiger partial charge is 0.389 e. The van der Waals surface area contributed by atoms with Crippen LogP contribution < -0.4 is 5.32 Å². The molecule has 0 bridgehead atoms. The number of hydrogen-bond acceptors (Lipinski definition) is 3. The molecule has 1 atom stereocenters. The summed E-state index contributed by atoms with van der Waals surface area (Å²) >= 11 is 1.72. The van der Waals surface area contributed by atoms with Crippen molar-refractivity contribution in [1.29, 1.82) is 0 Å². The molecule has 2 nitrogen and oxygen atoms in total. The molecule has 0 aromatic heterocycles. The van der Waals surface area contributed by atoms with E-state index in [1.165, 1.54) is 10.5 Å². The Kier molecular flexibility index (Phi) is 7.07. The van der Waals surface area contributed by atoms with Gasteiger partial charge in [0, 0.05) is 17.2 Å². The SMILES string of the molecule is CC(C)CNCc1ccc(SCC(C)(O)C(C)C)cc1. The molecule has 0 aliphatic carbocycles. The third-order valence-corrected chi connectivity index (χ3v) is 4.91. The number of nitrogens with one attached hydrogen (secondary N) is 1. The van der Waals surface area contributed by atoms with Crippen molar-refractivity contribution in [3.63, 3.8) is 0 Å². The van der Waals surface area contributed by atoms with E-state index in [4.69, 9.17) is 0 Å². The van der Waals surface area contributed by atoms with E-state index in [0.29, 0.717) is 5.92 Å². The van der Waals surface area contributed by atoms with E-state index in [0.717, 1.165) is 18.8 Å². The molecule has 3 heteroatoms. The van der Waals surface area contributed by atoms with Gasteiger partial charge in [0.25, 0.3) is 0 Å². The molecular formula is C17H29NOS. The van der Waals surface area contributed by atoms with Crippen molar-refractivity contribution in [3.8, 4) is 0 Å². The smallest absolute Gasteiger partial charge is 0.0736 e. The van der Waals surface area contributed by atoms with Crippen LogP contribution in [-0.2, 0) is 6.54 Å². The molecule has 2 N–H and O–H groups in total. The monoisotopic (exact) mass is 295 g/mol. The highest BCUT2D eigenvalue weighted by Gasteiger charge is 2.24. The van der Waals surface area contributed by atoms with Crippen molar-refractivity contribution in [2.75, 3.05) is 12.3 Å². The minimum atomic E-state index is -0.609. The van der Waals surface area contributed by atoms with Crippen LogP contribution in [0.1, 0.15) is 40.2 Å². The summed E-state index contributed by atoms with van der Waals surface area (Å²) < 4.78 is 0. The van der Waals surface area contributed by atoms with E-state index >= 15 is 0 Å². The summed E-state index contributed by atoms with van der Waals surface area (Å²) in [5.41, 5.74) is 0.702. The Bertz CT molecular complexity index is 384. The fraction of sp³-hybridized carbons (Fsp3) is 0.647. The second-order valence-corrected chi connectivity index (χ2v) is 7.52. The highest BCUT2D eigenvalue weighted by molar-refractivity contribution is 7.99. The predicted molar refractivity (Wildman–Crippen MR) is 89.2 cm³/mol. The van der Waals surface area contributed by atoms with Crippen LogP contribution in [0.5, 0.6) is 0 Å². The number of thioether (sulfide) groups is 1. The zero-order chi connectivity index (χ0) is 15.2. The molecule has 0 saturated carbocycles. The Morgan fingerprint density at radius 2 is 1.75 bits per heavy atom. The molecule has 0 fully saturated rings. The van der Waals surface area contributed by atoms with Gasteiger partial charge in [-0.3, -0.25) is 0 Å². The third-order valence-electron chi connectivity index (χ3n) is 3.58. The van der Waals surface area contributed by atoms with Crippen molar-refractivity contribution >= 4 is 11.8 Å². The van der Waals surface area contributed by atoms with Crippen molar-refractivity contribution in [2.24, 2.45) is 11.8 Å². The van der Waals surface area contributed by atoms with Gasteiger partial charge in [-0.25, -0.2) is 0 Å². The van der Waals surface area contributed by atoms with Crippen molar-refractivity contribution in [1.82, 2.24) is 5.32 Å². The minimum Gasteiger partial charge on any atom is -0.389 e. The van der Waals surface area contributed by atoms with E-state index in [2.05, 4.69) is 57.3 Å². The van der Waals surface area contributed by atoms with Crippen molar-refractivity contribution in [3.05, 3.63) is 29.8 Å². The van der Waals surface area contributed by atoms with Gasteiger partial charge in [-0.1, -0.05) is 39.8 Å². The normalized spacial score (nSPS) is 14.8. The van der Waals surface area contributed by atoms with Gasteiger partial charge in [0.2, 0.25) is 0 Å². The standard InChI is InChI=1S/C17H29NOS/c1-13(2)10-18-11-15-6-8-16(9-7-15)20-12-17(5,19)14(3)4/h6-9,13-14,18-19H,10-12H2,1-5H3. The predicted octanol–water partition coefficient (Wildman–Crippen LogP) is 3.93. The van der Waals surface area contributed by atoms with Crippen LogP contribution in [0.4, 0.5) is 0 Å². The second-order valence-electron chi connectivity index (χ2n) is 6.47. The Morgan fingerprint density at radius 1 is 1.15 bits per heavy atom. The highest BCUT2D eigenvalue weighted by atomic mass is 32.2. The third kappa shape index (κ3) is 6.29. The average molecular weight is 295 g/mol. The van der Waals surface area contributed by atoms with Gasteiger partial charge in [-0.05, 0) is 43.0 Å². The quantitative estimate of drug-likeness (QED) is 0.713. The summed E-state index contributed by atoms with van der Waals surface area (Å²) in [6.07, 6.45) is 0. The number of aliphatic hydroxyl groups is 1. The van der Waals surface area contributed by atoms with Crippen LogP contribution in [0.15, 0.2) is 29.2 Å². The van der Waals surface area contributed by atoms with Gasteiger partial charge in [0.05, 0.1) is 5.60 Å². The van der Waals surface area contributed by atoms with Crippen LogP contribution in [0.3, 0.4) is 0 Å². The molecule has 114 valence electrons. The van der Waals surface area contributed by atoms with Gasteiger partial charge in [0.15, 0.2) is 0 Å². The first-order valence-electron chi connectivity index (χ1n) is 7.46.